The van der Waals surface area contributed by atoms with E-state index < -0.39 is 6.26 Å². The number of rotatable bonds is 3. The third-order valence-electron chi connectivity index (χ3n) is 0.927. The van der Waals surface area contributed by atoms with Gasteiger partial charge in [-0.15, -0.1) is 0 Å². The fraction of sp³-hybridized carbons (Fsp3) is 1.00. The highest BCUT2D eigenvalue weighted by Gasteiger charge is 2.00. The first-order valence-corrected chi connectivity index (χ1v) is 6.24. The van der Waals surface area contributed by atoms with Crippen molar-refractivity contribution < 1.29 is 4.89 Å². The predicted octanol–water partition coefficient (Wildman–Crippen LogP) is 1.80. The molecule has 0 radical (unpaired) electrons. The molecule has 0 fully saturated rings. The SMILES string of the molecule is CCCCP(C)(O)=S. The second kappa shape index (κ2) is 3.60. The summed E-state index contributed by atoms with van der Waals surface area (Å²) in [6.07, 6.45) is 1.20. The lowest BCUT2D eigenvalue weighted by molar-refractivity contribution is 0.622. The summed E-state index contributed by atoms with van der Waals surface area (Å²) >= 11 is 4.82. The molecule has 8 heavy (non-hydrogen) atoms. The van der Waals surface area contributed by atoms with Crippen LogP contribution in [-0.4, -0.2) is 17.7 Å². The molecule has 0 saturated heterocycles. The van der Waals surface area contributed by atoms with Crippen LogP contribution in [0.1, 0.15) is 19.8 Å². The van der Waals surface area contributed by atoms with Gasteiger partial charge in [0.2, 0.25) is 0 Å². The van der Waals surface area contributed by atoms with Crippen LogP contribution in [0.5, 0.6) is 0 Å². The van der Waals surface area contributed by atoms with Gasteiger partial charge in [-0.3, -0.25) is 0 Å². The van der Waals surface area contributed by atoms with Crippen molar-refractivity contribution in [1.82, 2.24) is 0 Å². The zero-order valence-corrected chi connectivity index (χ0v) is 7.13. The minimum Gasteiger partial charge on any atom is -0.365 e. The molecule has 0 amide bonds. The average molecular weight is 152 g/mol. The maximum Gasteiger partial charge on any atom is 0.0607 e. The van der Waals surface area contributed by atoms with E-state index in [1.807, 2.05) is 0 Å². The molecule has 0 aromatic rings. The number of hydrogen-bond donors (Lipinski definition) is 1. The first kappa shape index (κ1) is 8.61. The molecule has 0 aliphatic carbocycles. The van der Waals surface area contributed by atoms with E-state index in [1.165, 1.54) is 0 Å². The van der Waals surface area contributed by atoms with E-state index >= 15 is 0 Å². The average Bonchev–Trinajstić information content (AvgIpc) is 1.59. The van der Waals surface area contributed by atoms with Crippen LogP contribution in [0.2, 0.25) is 0 Å². The van der Waals surface area contributed by atoms with Crippen LogP contribution in [0.4, 0.5) is 0 Å². The van der Waals surface area contributed by atoms with E-state index in [0.717, 1.165) is 19.0 Å². The van der Waals surface area contributed by atoms with Crippen LogP contribution in [0.3, 0.4) is 0 Å². The van der Waals surface area contributed by atoms with Gasteiger partial charge in [-0.1, -0.05) is 25.2 Å². The topological polar surface area (TPSA) is 20.2 Å². The van der Waals surface area contributed by atoms with Gasteiger partial charge in [0.25, 0.3) is 0 Å². The molecule has 0 aliphatic heterocycles. The predicted molar refractivity (Wildman–Crippen MR) is 42.2 cm³/mol. The molecule has 0 rings (SSSR count). The summed E-state index contributed by atoms with van der Waals surface area (Å²) in [5, 5.41) is 0. The van der Waals surface area contributed by atoms with Crippen molar-refractivity contribution in [3.63, 3.8) is 0 Å². The minimum absolute atomic E-state index is 0.846. The Labute approximate surface area is 56.2 Å². The molecule has 3 heteroatoms. The Hall–Kier alpha value is 0.610. The molecular formula is C5H13OPS. The summed E-state index contributed by atoms with van der Waals surface area (Å²) in [7, 11) is 0. The molecule has 0 aromatic heterocycles. The van der Waals surface area contributed by atoms with Gasteiger partial charge in [0.05, 0.1) is 6.26 Å². The van der Waals surface area contributed by atoms with Crippen LogP contribution < -0.4 is 0 Å². The Kier molecular flexibility index (Phi) is 3.87. The molecule has 1 unspecified atom stereocenters. The van der Waals surface area contributed by atoms with E-state index in [9.17, 15) is 0 Å². The summed E-state index contributed by atoms with van der Waals surface area (Å²) in [4.78, 5) is 9.07. The smallest absolute Gasteiger partial charge is 0.0607 e. The fourth-order valence-electron chi connectivity index (χ4n) is 0.451. The Morgan fingerprint density at radius 3 is 2.25 bits per heavy atom. The Balaban J connectivity index is 3.26. The van der Waals surface area contributed by atoms with Gasteiger partial charge in [-0.2, -0.15) is 0 Å². The van der Waals surface area contributed by atoms with Gasteiger partial charge >= 0.3 is 0 Å². The zero-order chi connectivity index (χ0) is 6.62. The number of unbranched alkanes of at least 4 members (excludes halogenated alkanes) is 1. The van der Waals surface area contributed by atoms with Crippen molar-refractivity contribution in [3.8, 4) is 0 Å². The maximum absolute atomic E-state index is 9.07. The molecule has 0 saturated carbocycles. The normalized spacial score (nSPS) is 17.9. The molecule has 1 N–H and O–H groups in total. The standard InChI is InChI=1S/C5H13OPS/c1-3-4-5-7(2,6)8/h3-5H2,1-2H3,(H,6,8). The highest BCUT2D eigenvalue weighted by molar-refractivity contribution is 8.11. The van der Waals surface area contributed by atoms with E-state index in [4.69, 9.17) is 16.7 Å². The summed E-state index contributed by atoms with van der Waals surface area (Å²) < 4.78 is 0. The second-order valence-corrected chi connectivity index (χ2v) is 7.04. The van der Waals surface area contributed by atoms with E-state index in [-0.39, 0.29) is 0 Å². The van der Waals surface area contributed by atoms with Gasteiger partial charge in [0.1, 0.15) is 0 Å². The Bertz CT molecular complexity index is 96.6. The lowest BCUT2D eigenvalue weighted by atomic mass is 10.4. The molecule has 0 aromatic carbocycles. The van der Waals surface area contributed by atoms with Crippen molar-refractivity contribution in [2.45, 2.75) is 19.8 Å². The van der Waals surface area contributed by atoms with Crippen molar-refractivity contribution in [3.05, 3.63) is 0 Å². The van der Waals surface area contributed by atoms with Crippen LogP contribution in [-0.2, 0) is 11.8 Å². The Morgan fingerprint density at radius 2 is 2.12 bits per heavy atom. The van der Waals surface area contributed by atoms with E-state index in [0.29, 0.717) is 0 Å². The van der Waals surface area contributed by atoms with Crippen molar-refractivity contribution in [2.75, 3.05) is 12.8 Å². The van der Waals surface area contributed by atoms with Gasteiger partial charge < -0.3 is 4.89 Å². The molecule has 0 spiro atoms. The third kappa shape index (κ3) is 6.61. The van der Waals surface area contributed by atoms with Crippen LogP contribution in [0, 0.1) is 0 Å². The summed E-state index contributed by atoms with van der Waals surface area (Å²) in [5.41, 5.74) is 0. The fourth-order valence-corrected chi connectivity index (χ4v) is 1.74. The highest BCUT2D eigenvalue weighted by atomic mass is 32.4. The van der Waals surface area contributed by atoms with Crippen molar-refractivity contribution >= 4 is 18.1 Å². The lowest BCUT2D eigenvalue weighted by Crippen LogP contribution is -1.83. The summed E-state index contributed by atoms with van der Waals surface area (Å²) in [6.45, 7) is 3.88. The van der Waals surface area contributed by atoms with E-state index in [2.05, 4.69) is 6.92 Å². The molecular weight excluding hydrogens is 139 g/mol. The lowest BCUT2D eigenvalue weighted by Gasteiger charge is -2.05. The minimum atomic E-state index is -1.85. The Morgan fingerprint density at radius 1 is 1.62 bits per heavy atom. The van der Waals surface area contributed by atoms with Gasteiger partial charge in [-0.25, -0.2) is 0 Å². The highest BCUT2D eigenvalue weighted by Crippen LogP contribution is 2.36. The largest absolute Gasteiger partial charge is 0.365 e. The third-order valence-corrected chi connectivity index (χ3v) is 2.62. The molecule has 0 bridgehead atoms. The molecule has 0 heterocycles. The first-order valence-electron chi connectivity index (χ1n) is 2.85. The zero-order valence-electron chi connectivity index (χ0n) is 5.42. The first-order chi connectivity index (χ1) is 3.56. The molecule has 1 atom stereocenters. The van der Waals surface area contributed by atoms with Crippen LogP contribution in [0.15, 0.2) is 0 Å². The molecule has 50 valence electrons. The summed E-state index contributed by atoms with van der Waals surface area (Å²) in [6, 6.07) is 0. The van der Waals surface area contributed by atoms with Crippen LogP contribution in [0.25, 0.3) is 0 Å². The quantitative estimate of drug-likeness (QED) is 0.622. The second-order valence-electron chi connectivity index (χ2n) is 2.13. The van der Waals surface area contributed by atoms with Crippen molar-refractivity contribution in [1.29, 1.82) is 0 Å². The van der Waals surface area contributed by atoms with Gasteiger partial charge in [0, 0.05) is 0 Å². The van der Waals surface area contributed by atoms with Gasteiger partial charge in [0.15, 0.2) is 0 Å². The maximum atomic E-state index is 9.07. The number of hydrogen-bond acceptors (Lipinski definition) is 1. The monoisotopic (exact) mass is 152 g/mol. The molecule has 1 nitrogen and oxygen atoms in total. The van der Waals surface area contributed by atoms with Gasteiger partial charge in [-0.05, 0) is 19.2 Å². The van der Waals surface area contributed by atoms with E-state index in [1.54, 1.807) is 6.66 Å². The van der Waals surface area contributed by atoms with Crippen molar-refractivity contribution in [2.24, 2.45) is 0 Å². The van der Waals surface area contributed by atoms with Crippen LogP contribution >= 0.6 is 6.26 Å². The molecule has 0 aliphatic rings. The summed E-state index contributed by atoms with van der Waals surface area (Å²) in [5.74, 6) is 0.